The van der Waals surface area contributed by atoms with Crippen molar-refractivity contribution in [2.45, 2.75) is 6.04 Å². The van der Waals surface area contributed by atoms with Gasteiger partial charge in [-0.2, -0.15) is 0 Å². The fraction of sp³-hybridized carbons (Fsp3) is 0.133. The van der Waals surface area contributed by atoms with Crippen molar-refractivity contribution in [3.05, 3.63) is 65.2 Å². The molecule has 1 heterocycles. The number of nitrogens with zero attached hydrogens (tertiary/aromatic N) is 1. The van der Waals surface area contributed by atoms with Crippen LogP contribution in [0.4, 0.5) is 5.69 Å². The van der Waals surface area contributed by atoms with Crippen LogP contribution in [-0.2, 0) is 0 Å². The molecule has 96 valence electrons. The van der Waals surface area contributed by atoms with E-state index in [1.807, 2.05) is 42.5 Å². The van der Waals surface area contributed by atoms with E-state index in [1.54, 1.807) is 0 Å². The molecule has 1 saturated heterocycles. The van der Waals surface area contributed by atoms with Crippen LogP contribution in [0.25, 0.3) is 0 Å². The van der Waals surface area contributed by atoms with E-state index in [-0.39, 0.29) is 6.04 Å². The number of halogens is 1. The molecule has 1 unspecified atom stereocenters. The molecule has 1 N–H and O–H groups in total. The van der Waals surface area contributed by atoms with Gasteiger partial charge >= 0.3 is 0 Å². The molecule has 0 aromatic heterocycles. The molecule has 0 amide bonds. The molecular formula is C15H13ClN2S. The van der Waals surface area contributed by atoms with Crippen LogP contribution in [0.2, 0.25) is 5.02 Å². The van der Waals surface area contributed by atoms with Crippen LogP contribution in [0.15, 0.2) is 54.6 Å². The summed E-state index contributed by atoms with van der Waals surface area (Å²) in [6, 6.07) is 18.3. The van der Waals surface area contributed by atoms with Gasteiger partial charge in [-0.25, -0.2) is 0 Å². The third-order valence-electron chi connectivity index (χ3n) is 3.25. The quantitative estimate of drug-likeness (QED) is 0.847. The molecule has 19 heavy (non-hydrogen) atoms. The van der Waals surface area contributed by atoms with Crippen LogP contribution < -0.4 is 10.2 Å². The molecule has 0 spiro atoms. The zero-order valence-electron chi connectivity index (χ0n) is 10.2. The van der Waals surface area contributed by atoms with E-state index >= 15 is 0 Å². The highest BCUT2D eigenvalue weighted by Crippen LogP contribution is 2.26. The summed E-state index contributed by atoms with van der Waals surface area (Å²) in [5, 5.41) is 4.88. The van der Waals surface area contributed by atoms with Gasteiger partial charge in [-0.15, -0.1) is 0 Å². The molecule has 0 radical (unpaired) electrons. The molecular weight excluding hydrogens is 276 g/mol. The average Bonchev–Trinajstić information content (AvgIpc) is 2.83. The summed E-state index contributed by atoms with van der Waals surface area (Å²) in [6.07, 6.45) is 0. The summed E-state index contributed by atoms with van der Waals surface area (Å²) in [5.41, 5.74) is 2.32. The van der Waals surface area contributed by atoms with Crippen LogP contribution in [0.5, 0.6) is 0 Å². The summed E-state index contributed by atoms with van der Waals surface area (Å²) in [7, 11) is 0. The molecule has 3 rings (SSSR count). The Morgan fingerprint density at radius 3 is 2.42 bits per heavy atom. The van der Waals surface area contributed by atoms with Gasteiger partial charge < -0.3 is 10.2 Å². The number of anilines is 1. The number of thiocarbonyl (C=S) groups is 1. The maximum Gasteiger partial charge on any atom is 0.174 e. The van der Waals surface area contributed by atoms with Gasteiger partial charge in [0.2, 0.25) is 0 Å². The summed E-state index contributed by atoms with van der Waals surface area (Å²) < 4.78 is 0. The number of hydrogen-bond acceptors (Lipinski definition) is 1. The smallest absolute Gasteiger partial charge is 0.174 e. The minimum absolute atomic E-state index is 0.213. The fourth-order valence-electron chi connectivity index (χ4n) is 2.25. The Morgan fingerprint density at radius 2 is 1.74 bits per heavy atom. The highest BCUT2D eigenvalue weighted by atomic mass is 35.5. The van der Waals surface area contributed by atoms with Gasteiger partial charge in [-0.05, 0) is 42.0 Å². The second kappa shape index (κ2) is 5.19. The van der Waals surface area contributed by atoms with Crippen molar-refractivity contribution in [2.24, 2.45) is 0 Å². The van der Waals surface area contributed by atoms with Crippen LogP contribution >= 0.6 is 23.8 Å². The first-order valence-corrected chi connectivity index (χ1v) is 6.91. The predicted molar refractivity (Wildman–Crippen MR) is 83.7 cm³/mol. The first-order chi connectivity index (χ1) is 9.24. The van der Waals surface area contributed by atoms with Gasteiger partial charge in [0.05, 0.1) is 6.04 Å². The number of para-hydroxylation sites is 1. The summed E-state index contributed by atoms with van der Waals surface area (Å²) in [4.78, 5) is 2.12. The molecule has 2 nitrogen and oxygen atoms in total. The largest absolute Gasteiger partial charge is 0.354 e. The Hall–Kier alpha value is -1.58. The van der Waals surface area contributed by atoms with Crippen LogP contribution in [0.3, 0.4) is 0 Å². The average molecular weight is 289 g/mol. The molecule has 1 aliphatic heterocycles. The Morgan fingerprint density at radius 1 is 1.05 bits per heavy atom. The molecule has 2 aromatic carbocycles. The zero-order chi connectivity index (χ0) is 13.2. The lowest BCUT2D eigenvalue weighted by atomic mass is 10.1. The first kappa shape index (κ1) is 12.5. The molecule has 2 aromatic rings. The molecule has 1 aliphatic rings. The van der Waals surface area contributed by atoms with Gasteiger partial charge in [0, 0.05) is 17.3 Å². The highest BCUT2D eigenvalue weighted by molar-refractivity contribution is 7.80. The first-order valence-electron chi connectivity index (χ1n) is 6.12. The van der Waals surface area contributed by atoms with E-state index in [1.165, 1.54) is 5.56 Å². The van der Waals surface area contributed by atoms with E-state index in [2.05, 4.69) is 22.3 Å². The number of nitrogens with one attached hydrogen (secondary N) is 1. The molecule has 0 bridgehead atoms. The Labute approximate surface area is 123 Å². The van der Waals surface area contributed by atoms with Crippen molar-refractivity contribution in [1.29, 1.82) is 0 Å². The minimum atomic E-state index is 0.213. The van der Waals surface area contributed by atoms with Crippen molar-refractivity contribution in [3.63, 3.8) is 0 Å². The van der Waals surface area contributed by atoms with E-state index in [0.717, 1.165) is 22.4 Å². The lowest BCUT2D eigenvalue weighted by Crippen LogP contribution is -2.27. The Balaban J connectivity index is 1.82. The second-order valence-electron chi connectivity index (χ2n) is 4.50. The SMILES string of the molecule is S=C1NC(c2ccc(Cl)cc2)CN1c1ccccc1. The summed E-state index contributed by atoms with van der Waals surface area (Å²) in [6.45, 7) is 0.838. The predicted octanol–water partition coefficient (Wildman–Crippen LogP) is 3.78. The Kier molecular flexibility index (Phi) is 3.40. The van der Waals surface area contributed by atoms with Crippen molar-refractivity contribution >= 4 is 34.6 Å². The standard InChI is InChI=1S/C15H13ClN2S/c16-12-8-6-11(7-9-12)14-10-18(15(19)17-14)13-4-2-1-3-5-13/h1-9,14H,10H2,(H,17,19). The number of rotatable bonds is 2. The summed E-state index contributed by atoms with van der Waals surface area (Å²) in [5.74, 6) is 0. The van der Waals surface area contributed by atoms with Crippen molar-refractivity contribution in [2.75, 3.05) is 11.4 Å². The number of benzene rings is 2. The lowest BCUT2D eigenvalue weighted by molar-refractivity contribution is 0.723. The normalized spacial score (nSPS) is 18.5. The van der Waals surface area contributed by atoms with E-state index in [9.17, 15) is 0 Å². The molecule has 4 heteroatoms. The molecule has 0 saturated carbocycles. The van der Waals surface area contributed by atoms with Crippen LogP contribution in [-0.4, -0.2) is 11.7 Å². The van der Waals surface area contributed by atoms with Crippen LogP contribution in [0, 0.1) is 0 Å². The highest BCUT2D eigenvalue weighted by Gasteiger charge is 2.27. The van der Waals surface area contributed by atoms with E-state index in [4.69, 9.17) is 23.8 Å². The Bertz CT molecular complexity index is 583. The van der Waals surface area contributed by atoms with Gasteiger partial charge in [-0.3, -0.25) is 0 Å². The molecule has 1 atom stereocenters. The maximum atomic E-state index is 5.91. The fourth-order valence-corrected chi connectivity index (χ4v) is 2.70. The topological polar surface area (TPSA) is 15.3 Å². The van der Waals surface area contributed by atoms with Crippen molar-refractivity contribution < 1.29 is 0 Å². The maximum absolute atomic E-state index is 5.91. The minimum Gasteiger partial charge on any atom is -0.354 e. The molecule has 0 aliphatic carbocycles. The van der Waals surface area contributed by atoms with E-state index < -0.39 is 0 Å². The van der Waals surface area contributed by atoms with Gasteiger partial charge in [-0.1, -0.05) is 41.9 Å². The molecule has 1 fully saturated rings. The van der Waals surface area contributed by atoms with Gasteiger partial charge in [0.25, 0.3) is 0 Å². The number of hydrogen-bond donors (Lipinski definition) is 1. The third-order valence-corrected chi connectivity index (χ3v) is 3.84. The van der Waals surface area contributed by atoms with Crippen LogP contribution in [0.1, 0.15) is 11.6 Å². The van der Waals surface area contributed by atoms with Gasteiger partial charge in [0.1, 0.15) is 0 Å². The zero-order valence-corrected chi connectivity index (χ0v) is 11.8. The third kappa shape index (κ3) is 2.57. The van der Waals surface area contributed by atoms with Crippen molar-refractivity contribution in [3.8, 4) is 0 Å². The second-order valence-corrected chi connectivity index (χ2v) is 5.32. The van der Waals surface area contributed by atoms with Gasteiger partial charge in [0.15, 0.2) is 5.11 Å². The van der Waals surface area contributed by atoms with E-state index in [0.29, 0.717) is 0 Å². The monoisotopic (exact) mass is 288 g/mol. The lowest BCUT2D eigenvalue weighted by Gasteiger charge is -2.16. The summed E-state index contributed by atoms with van der Waals surface area (Å²) >= 11 is 11.3. The van der Waals surface area contributed by atoms with Crippen molar-refractivity contribution in [1.82, 2.24) is 5.32 Å².